The largest absolute Gasteiger partial charge is 0.394 e. The van der Waals surface area contributed by atoms with Gasteiger partial charge < -0.3 is 10.4 Å². The summed E-state index contributed by atoms with van der Waals surface area (Å²) in [5.74, 6) is 0.692. The maximum Gasteiger partial charge on any atom is 0.164 e. The van der Waals surface area contributed by atoms with E-state index in [1.54, 1.807) is 6.20 Å². The molecule has 0 aliphatic carbocycles. The molecule has 2 heterocycles. The van der Waals surface area contributed by atoms with Crippen molar-refractivity contribution in [3.8, 4) is 0 Å². The average molecular weight is 218 g/mol. The molecule has 2 rings (SSSR count). The average Bonchev–Trinajstić information content (AvgIpc) is 2.29. The number of aliphatic hydroxyl groups excluding tert-OH is 1. The first kappa shape index (κ1) is 10.8. The van der Waals surface area contributed by atoms with Gasteiger partial charge >= 0.3 is 0 Å². The minimum Gasteiger partial charge on any atom is -0.394 e. The van der Waals surface area contributed by atoms with Crippen LogP contribution in [0.4, 0.5) is 5.82 Å². The molecule has 0 aromatic carbocycles. The second-order valence-electron chi connectivity index (χ2n) is 4.26. The first-order valence-corrected chi connectivity index (χ1v) is 5.07. The van der Waals surface area contributed by atoms with Crippen LogP contribution in [-0.4, -0.2) is 32.2 Å². The number of aliphatic hydroxyl groups is 1. The predicted octanol–water partition coefficient (Wildman–Crippen LogP) is 1.21. The van der Waals surface area contributed by atoms with Gasteiger partial charge in [-0.3, -0.25) is 0 Å². The Morgan fingerprint density at radius 2 is 2.12 bits per heavy atom. The van der Waals surface area contributed by atoms with Crippen LogP contribution in [-0.2, 0) is 0 Å². The molecule has 0 atom stereocenters. The lowest BCUT2D eigenvalue weighted by Crippen LogP contribution is -2.35. The Morgan fingerprint density at radius 1 is 1.31 bits per heavy atom. The molecule has 0 spiro atoms. The van der Waals surface area contributed by atoms with Gasteiger partial charge in [0.15, 0.2) is 5.65 Å². The molecule has 16 heavy (non-hydrogen) atoms. The third-order valence-electron chi connectivity index (χ3n) is 2.26. The van der Waals surface area contributed by atoms with Crippen molar-refractivity contribution in [3.63, 3.8) is 0 Å². The van der Waals surface area contributed by atoms with Gasteiger partial charge in [-0.1, -0.05) is 0 Å². The molecule has 0 unspecified atom stereocenters. The van der Waals surface area contributed by atoms with Crippen molar-refractivity contribution >= 4 is 16.9 Å². The summed E-state index contributed by atoms with van der Waals surface area (Å²) in [6, 6.07) is 3.74. The van der Waals surface area contributed by atoms with Crippen molar-refractivity contribution in [2.75, 3.05) is 11.9 Å². The molecule has 0 amide bonds. The standard InChI is InChI=1S/C11H14N4O/c1-11(2,6-16)15-10-8-4-3-5-12-9(8)13-7-14-10/h3-5,7,16H,6H2,1-2H3,(H,12,13,14,15). The summed E-state index contributed by atoms with van der Waals surface area (Å²) in [5, 5.41) is 13.2. The number of nitrogens with one attached hydrogen (secondary N) is 1. The van der Waals surface area contributed by atoms with Crippen LogP contribution in [0, 0.1) is 0 Å². The second kappa shape index (κ2) is 4.02. The fourth-order valence-electron chi connectivity index (χ4n) is 1.36. The van der Waals surface area contributed by atoms with Crippen LogP contribution in [0.15, 0.2) is 24.7 Å². The number of hydrogen-bond donors (Lipinski definition) is 2. The van der Waals surface area contributed by atoms with E-state index < -0.39 is 5.54 Å². The van der Waals surface area contributed by atoms with Gasteiger partial charge in [-0.2, -0.15) is 0 Å². The van der Waals surface area contributed by atoms with Crippen LogP contribution in [0.3, 0.4) is 0 Å². The molecular weight excluding hydrogens is 204 g/mol. The Morgan fingerprint density at radius 3 is 2.88 bits per heavy atom. The van der Waals surface area contributed by atoms with Crippen molar-refractivity contribution in [2.45, 2.75) is 19.4 Å². The van der Waals surface area contributed by atoms with Crippen molar-refractivity contribution in [2.24, 2.45) is 0 Å². The molecule has 2 aromatic heterocycles. The molecule has 0 aliphatic rings. The van der Waals surface area contributed by atoms with Crippen LogP contribution in [0.5, 0.6) is 0 Å². The Hall–Kier alpha value is -1.75. The first-order chi connectivity index (χ1) is 7.62. The van der Waals surface area contributed by atoms with Crippen molar-refractivity contribution in [1.29, 1.82) is 0 Å². The Labute approximate surface area is 93.6 Å². The van der Waals surface area contributed by atoms with Gasteiger partial charge in [0.25, 0.3) is 0 Å². The zero-order chi connectivity index (χ0) is 11.6. The maximum atomic E-state index is 9.21. The van der Waals surface area contributed by atoms with Crippen LogP contribution < -0.4 is 5.32 Å². The molecule has 0 fully saturated rings. The summed E-state index contributed by atoms with van der Waals surface area (Å²) in [4.78, 5) is 12.4. The van der Waals surface area contributed by atoms with E-state index in [4.69, 9.17) is 0 Å². The summed E-state index contributed by atoms with van der Waals surface area (Å²) in [7, 11) is 0. The molecule has 0 radical (unpaired) electrons. The molecule has 5 nitrogen and oxygen atoms in total. The maximum absolute atomic E-state index is 9.21. The summed E-state index contributed by atoms with van der Waals surface area (Å²) in [5.41, 5.74) is 0.227. The van der Waals surface area contributed by atoms with E-state index in [0.717, 1.165) is 5.39 Å². The van der Waals surface area contributed by atoms with E-state index in [1.165, 1.54) is 6.33 Å². The lowest BCUT2D eigenvalue weighted by molar-refractivity contribution is 0.234. The quantitative estimate of drug-likeness (QED) is 0.810. The van der Waals surface area contributed by atoms with Gasteiger partial charge in [-0.05, 0) is 26.0 Å². The van der Waals surface area contributed by atoms with Gasteiger partial charge in [0.1, 0.15) is 12.1 Å². The van der Waals surface area contributed by atoms with Crippen molar-refractivity contribution < 1.29 is 5.11 Å². The van der Waals surface area contributed by atoms with E-state index in [0.29, 0.717) is 11.5 Å². The van der Waals surface area contributed by atoms with E-state index in [1.807, 2.05) is 26.0 Å². The second-order valence-corrected chi connectivity index (χ2v) is 4.26. The molecule has 84 valence electrons. The van der Waals surface area contributed by atoms with E-state index in [2.05, 4.69) is 20.3 Å². The zero-order valence-electron chi connectivity index (χ0n) is 9.31. The minimum absolute atomic E-state index is 0.0265. The number of nitrogens with zero attached hydrogens (tertiary/aromatic N) is 3. The molecule has 5 heteroatoms. The molecule has 0 aliphatic heterocycles. The van der Waals surface area contributed by atoms with E-state index in [9.17, 15) is 5.11 Å². The Bertz CT molecular complexity index is 493. The van der Waals surface area contributed by atoms with Crippen LogP contribution >= 0.6 is 0 Å². The summed E-state index contributed by atoms with van der Waals surface area (Å²) in [6.45, 7) is 3.83. The number of anilines is 1. The Balaban J connectivity index is 2.45. The number of aromatic nitrogens is 3. The number of pyridine rings is 1. The van der Waals surface area contributed by atoms with Crippen LogP contribution in [0.2, 0.25) is 0 Å². The van der Waals surface area contributed by atoms with E-state index >= 15 is 0 Å². The highest BCUT2D eigenvalue weighted by atomic mass is 16.3. The van der Waals surface area contributed by atoms with Gasteiger partial charge in [-0.15, -0.1) is 0 Å². The van der Waals surface area contributed by atoms with Crippen molar-refractivity contribution in [3.05, 3.63) is 24.7 Å². The smallest absolute Gasteiger partial charge is 0.164 e. The molecule has 0 saturated heterocycles. The molecule has 2 N–H and O–H groups in total. The number of hydrogen-bond acceptors (Lipinski definition) is 5. The molecule has 0 saturated carbocycles. The van der Waals surface area contributed by atoms with Gasteiger partial charge in [-0.25, -0.2) is 15.0 Å². The molecular formula is C11H14N4O. The summed E-state index contributed by atoms with van der Waals surface area (Å²) >= 11 is 0. The van der Waals surface area contributed by atoms with Gasteiger partial charge in [0.05, 0.1) is 17.5 Å². The van der Waals surface area contributed by atoms with Crippen molar-refractivity contribution in [1.82, 2.24) is 15.0 Å². The number of fused-ring (bicyclic) bond motifs is 1. The highest BCUT2D eigenvalue weighted by molar-refractivity contribution is 5.86. The third-order valence-corrected chi connectivity index (χ3v) is 2.26. The van der Waals surface area contributed by atoms with Gasteiger partial charge in [0.2, 0.25) is 0 Å². The highest BCUT2D eigenvalue weighted by Crippen LogP contribution is 2.20. The van der Waals surface area contributed by atoms with Crippen LogP contribution in [0.1, 0.15) is 13.8 Å². The fourth-order valence-corrected chi connectivity index (χ4v) is 1.36. The minimum atomic E-state index is -0.420. The Kier molecular flexibility index (Phi) is 2.70. The third kappa shape index (κ3) is 2.09. The number of rotatable bonds is 3. The van der Waals surface area contributed by atoms with Gasteiger partial charge in [0, 0.05) is 6.20 Å². The predicted molar refractivity (Wildman–Crippen MR) is 62.1 cm³/mol. The topological polar surface area (TPSA) is 70.9 Å². The molecule has 2 aromatic rings. The monoisotopic (exact) mass is 218 g/mol. The SMILES string of the molecule is CC(C)(CO)Nc1ncnc2ncccc12. The zero-order valence-corrected chi connectivity index (χ0v) is 9.31. The normalized spacial score (nSPS) is 11.7. The van der Waals surface area contributed by atoms with E-state index in [-0.39, 0.29) is 6.61 Å². The highest BCUT2D eigenvalue weighted by Gasteiger charge is 2.17. The fraction of sp³-hybridized carbons (Fsp3) is 0.364. The lowest BCUT2D eigenvalue weighted by atomic mass is 10.1. The summed E-state index contributed by atoms with van der Waals surface area (Å²) < 4.78 is 0. The summed E-state index contributed by atoms with van der Waals surface area (Å²) in [6.07, 6.45) is 3.15. The van der Waals surface area contributed by atoms with Crippen LogP contribution in [0.25, 0.3) is 11.0 Å². The lowest BCUT2D eigenvalue weighted by Gasteiger charge is -2.24. The first-order valence-electron chi connectivity index (χ1n) is 5.07. The molecule has 0 bridgehead atoms.